The molecule has 1 heterocycles. The number of rotatable bonds is 6. The van der Waals surface area contributed by atoms with Crippen molar-refractivity contribution in [1.82, 2.24) is 4.90 Å². The van der Waals surface area contributed by atoms with Gasteiger partial charge in [0.2, 0.25) is 0 Å². The average molecular weight is 423 g/mol. The lowest BCUT2D eigenvalue weighted by molar-refractivity contribution is -0.0587. The van der Waals surface area contributed by atoms with Crippen molar-refractivity contribution in [2.45, 2.75) is 71.4 Å². The van der Waals surface area contributed by atoms with Crippen molar-refractivity contribution in [2.75, 3.05) is 6.61 Å². The molecular weight excluding hydrogens is 388 g/mol. The van der Waals surface area contributed by atoms with E-state index >= 15 is 0 Å². The fraction of sp³-hybridized carbons (Fsp3) is 0.462. The molecular formula is C26H34N2O3. The molecule has 0 bridgehead atoms. The highest BCUT2D eigenvalue weighted by atomic mass is 16.6. The predicted octanol–water partition coefficient (Wildman–Crippen LogP) is 5.67. The van der Waals surface area contributed by atoms with Crippen molar-refractivity contribution in [1.29, 1.82) is 0 Å². The van der Waals surface area contributed by atoms with Crippen LogP contribution >= 0.6 is 0 Å². The van der Waals surface area contributed by atoms with E-state index in [0.29, 0.717) is 6.61 Å². The highest BCUT2D eigenvalue weighted by Gasteiger charge is 2.50. The Kier molecular flexibility index (Phi) is 6.85. The Morgan fingerprint density at radius 3 is 1.97 bits per heavy atom. The molecule has 5 heteroatoms. The van der Waals surface area contributed by atoms with E-state index < -0.39 is 11.3 Å². The number of hydrogen-bond acceptors (Lipinski definition) is 4. The SMILES string of the molecule is CC[C@@H](N=C(c1ccccc1)c1ccccc1)[C@@H](C)OC(=O)N1C(C)(C)COC1(C)C. The maximum absolute atomic E-state index is 13.1. The minimum absolute atomic E-state index is 0.172. The van der Waals surface area contributed by atoms with Gasteiger partial charge in [0.1, 0.15) is 11.8 Å². The van der Waals surface area contributed by atoms with Crippen molar-refractivity contribution in [2.24, 2.45) is 4.99 Å². The molecule has 0 radical (unpaired) electrons. The molecule has 31 heavy (non-hydrogen) atoms. The zero-order valence-corrected chi connectivity index (χ0v) is 19.5. The molecule has 0 spiro atoms. The maximum atomic E-state index is 13.1. The molecule has 166 valence electrons. The quantitative estimate of drug-likeness (QED) is 0.563. The molecule has 0 aliphatic carbocycles. The second-order valence-electron chi connectivity index (χ2n) is 9.16. The number of carbonyl (C=O) groups excluding carboxylic acids is 1. The van der Waals surface area contributed by atoms with Gasteiger partial charge in [-0.1, -0.05) is 67.6 Å². The number of amides is 1. The van der Waals surface area contributed by atoms with Gasteiger partial charge < -0.3 is 9.47 Å². The minimum atomic E-state index is -0.704. The number of carbonyl (C=O) groups is 1. The van der Waals surface area contributed by atoms with Gasteiger partial charge in [-0.05, 0) is 41.0 Å². The van der Waals surface area contributed by atoms with Crippen molar-refractivity contribution in [3.8, 4) is 0 Å². The molecule has 3 rings (SSSR count). The van der Waals surface area contributed by atoms with Gasteiger partial charge in [-0.3, -0.25) is 9.89 Å². The van der Waals surface area contributed by atoms with Crippen molar-refractivity contribution in [3.05, 3.63) is 71.8 Å². The Morgan fingerprint density at radius 2 is 1.55 bits per heavy atom. The van der Waals surface area contributed by atoms with E-state index in [2.05, 4.69) is 31.2 Å². The summed E-state index contributed by atoms with van der Waals surface area (Å²) in [7, 11) is 0. The molecule has 0 unspecified atom stereocenters. The fourth-order valence-electron chi connectivity index (χ4n) is 4.17. The Labute approximate surface area is 186 Å². The van der Waals surface area contributed by atoms with Gasteiger partial charge in [0.25, 0.3) is 0 Å². The molecule has 2 aromatic carbocycles. The summed E-state index contributed by atoms with van der Waals surface area (Å²) in [5, 5.41) is 0. The van der Waals surface area contributed by atoms with E-state index in [9.17, 15) is 4.79 Å². The largest absolute Gasteiger partial charge is 0.444 e. The first-order valence-corrected chi connectivity index (χ1v) is 11.0. The molecule has 1 saturated heterocycles. The van der Waals surface area contributed by atoms with Gasteiger partial charge in [0.15, 0.2) is 0 Å². The third-order valence-corrected chi connectivity index (χ3v) is 5.74. The predicted molar refractivity (Wildman–Crippen MR) is 124 cm³/mol. The summed E-state index contributed by atoms with van der Waals surface area (Å²) in [6, 6.07) is 20.1. The third-order valence-electron chi connectivity index (χ3n) is 5.74. The summed E-state index contributed by atoms with van der Waals surface area (Å²) in [4.78, 5) is 19.9. The van der Waals surface area contributed by atoms with Crippen molar-refractivity contribution >= 4 is 11.8 Å². The van der Waals surface area contributed by atoms with Gasteiger partial charge in [0.05, 0.1) is 23.9 Å². The van der Waals surface area contributed by atoms with Crippen molar-refractivity contribution < 1.29 is 14.3 Å². The van der Waals surface area contributed by atoms with E-state index in [1.54, 1.807) is 4.90 Å². The summed E-state index contributed by atoms with van der Waals surface area (Å²) in [5.74, 6) is 0. The van der Waals surface area contributed by atoms with Crippen LogP contribution in [0.2, 0.25) is 0 Å². The number of aliphatic imine (C=N–C) groups is 1. The minimum Gasteiger partial charge on any atom is -0.444 e. The smallest absolute Gasteiger partial charge is 0.412 e. The lowest BCUT2D eigenvalue weighted by Crippen LogP contribution is -2.53. The summed E-state index contributed by atoms with van der Waals surface area (Å²) < 4.78 is 11.8. The lowest BCUT2D eigenvalue weighted by atomic mass is 10.0. The van der Waals surface area contributed by atoms with Crippen LogP contribution in [-0.2, 0) is 9.47 Å². The van der Waals surface area contributed by atoms with Gasteiger partial charge in [0, 0.05) is 11.1 Å². The number of benzene rings is 2. The van der Waals surface area contributed by atoms with Gasteiger partial charge in [-0.15, -0.1) is 0 Å². The van der Waals surface area contributed by atoms with Crippen LogP contribution in [0, 0.1) is 0 Å². The van der Waals surface area contributed by atoms with Crippen LogP contribution in [0.15, 0.2) is 65.7 Å². The standard InChI is InChI=1S/C26H34N2O3/c1-7-22(19(2)31-24(29)28-25(3,4)18-30-26(28,5)6)27-23(20-14-10-8-11-15-20)21-16-12-9-13-17-21/h8-17,19,22H,7,18H2,1-6H3/t19-,22-/m1/s1. The summed E-state index contributed by atoms with van der Waals surface area (Å²) in [5.41, 5.74) is 1.86. The molecule has 2 atom stereocenters. The van der Waals surface area contributed by atoms with Gasteiger partial charge in [-0.25, -0.2) is 4.79 Å². The second-order valence-corrected chi connectivity index (χ2v) is 9.16. The van der Waals surface area contributed by atoms with Crippen LogP contribution in [0.4, 0.5) is 4.79 Å². The Balaban J connectivity index is 1.87. The first-order chi connectivity index (χ1) is 14.7. The molecule has 2 aromatic rings. The van der Waals surface area contributed by atoms with E-state index in [0.717, 1.165) is 23.3 Å². The van der Waals surface area contributed by atoms with Crippen LogP contribution in [0.1, 0.15) is 59.1 Å². The maximum Gasteiger partial charge on any atom is 0.412 e. The van der Waals surface area contributed by atoms with Crippen LogP contribution < -0.4 is 0 Å². The summed E-state index contributed by atoms with van der Waals surface area (Å²) in [6.07, 6.45) is 0.00251. The molecule has 1 amide bonds. The van der Waals surface area contributed by atoms with Crippen LogP contribution in [-0.4, -0.2) is 46.7 Å². The van der Waals surface area contributed by atoms with Crippen molar-refractivity contribution in [3.63, 3.8) is 0 Å². The van der Waals surface area contributed by atoms with Crippen LogP contribution in [0.25, 0.3) is 0 Å². The van der Waals surface area contributed by atoms with E-state index in [1.165, 1.54) is 0 Å². The number of ether oxygens (including phenoxy) is 2. The van der Waals surface area contributed by atoms with Crippen LogP contribution in [0.5, 0.6) is 0 Å². The van der Waals surface area contributed by atoms with Gasteiger partial charge >= 0.3 is 6.09 Å². The zero-order chi connectivity index (χ0) is 22.6. The summed E-state index contributed by atoms with van der Waals surface area (Å²) >= 11 is 0. The van der Waals surface area contributed by atoms with Crippen LogP contribution in [0.3, 0.4) is 0 Å². The molecule has 1 fully saturated rings. The topological polar surface area (TPSA) is 51.1 Å². The Morgan fingerprint density at radius 1 is 1.03 bits per heavy atom. The highest BCUT2D eigenvalue weighted by Crippen LogP contribution is 2.35. The zero-order valence-electron chi connectivity index (χ0n) is 19.5. The average Bonchev–Trinajstić information content (AvgIpc) is 2.97. The summed E-state index contributed by atoms with van der Waals surface area (Å²) in [6.45, 7) is 12.2. The monoisotopic (exact) mass is 422 g/mol. The Hall–Kier alpha value is -2.66. The number of nitrogens with zero attached hydrogens (tertiary/aromatic N) is 2. The highest BCUT2D eigenvalue weighted by molar-refractivity contribution is 6.13. The molecule has 0 saturated carbocycles. The van der Waals surface area contributed by atoms with Gasteiger partial charge in [-0.2, -0.15) is 0 Å². The molecule has 0 aromatic heterocycles. The molecule has 1 aliphatic heterocycles. The second kappa shape index (κ2) is 9.23. The fourth-order valence-corrected chi connectivity index (χ4v) is 4.17. The molecule has 0 N–H and O–H groups in total. The molecule has 5 nitrogen and oxygen atoms in total. The lowest BCUT2D eigenvalue weighted by Gasteiger charge is -2.37. The first-order valence-electron chi connectivity index (χ1n) is 11.0. The number of hydrogen-bond donors (Lipinski definition) is 0. The van der Waals surface area contributed by atoms with E-state index in [4.69, 9.17) is 14.5 Å². The third kappa shape index (κ3) is 5.16. The molecule has 1 aliphatic rings. The van der Waals surface area contributed by atoms with E-state index in [1.807, 2.05) is 71.0 Å². The Bertz CT molecular complexity index is 849. The normalized spacial score (nSPS) is 18.8. The first kappa shape index (κ1) is 23.0. The van der Waals surface area contributed by atoms with E-state index in [-0.39, 0.29) is 18.2 Å².